The van der Waals surface area contributed by atoms with E-state index in [1.165, 1.54) is 63.5 Å². The lowest BCUT2D eigenvalue weighted by molar-refractivity contribution is 0.0549. The van der Waals surface area contributed by atoms with Crippen LogP contribution in [0.5, 0.6) is 11.6 Å². The number of rotatable bonds is 5. The summed E-state index contributed by atoms with van der Waals surface area (Å²) in [5, 5.41) is 0. The Morgan fingerprint density at radius 1 is 0.867 bits per heavy atom. The molecule has 2 aromatic rings. The van der Waals surface area contributed by atoms with Crippen molar-refractivity contribution < 1.29 is 23.8 Å². The average Bonchev–Trinajstić information content (AvgIpc) is 2.94. The van der Waals surface area contributed by atoms with Gasteiger partial charge < -0.3 is 14.2 Å². The van der Waals surface area contributed by atoms with Gasteiger partial charge in [0.1, 0.15) is 5.75 Å². The predicted molar refractivity (Wildman–Crippen MR) is 111 cm³/mol. The van der Waals surface area contributed by atoms with Gasteiger partial charge in [-0.1, -0.05) is 25.3 Å². The van der Waals surface area contributed by atoms with Gasteiger partial charge in [-0.05, 0) is 66.8 Å². The molecular weight excluding hydrogens is 382 g/mol. The van der Waals surface area contributed by atoms with Gasteiger partial charge in [0.2, 0.25) is 5.88 Å². The molecule has 1 unspecified atom stereocenters. The van der Waals surface area contributed by atoms with E-state index in [0.717, 1.165) is 24.7 Å². The first-order chi connectivity index (χ1) is 14.6. The summed E-state index contributed by atoms with van der Waals surface area (Å²) in [4.78, 5) is 28.2. The molecule has 0 radical (unpaired) electrons. The van der Waals surface area contributed by atoms with Crippen LogP contribution in [0.3, 0.4) is 0 Å². The molecule has 1 saturated carbocycles. The van der Waals surface area contributed by atoms with E-state index in [2.05, 4.69) is 17.1 Å². The molecule has 1 heterocycles. The number of fused-ring (bicyclic) bond motifs is 1. The number of aromatic nitrogens is 1. The topological polar surface area (TPSA) is 74.7 Å². The van der Waals surface area contributed by atoms with Gasteiger partial charge in [0.15, 0.2) is 5.69 Å². The Morgan fingerprint density at radius 2 is 1.57 bits per heavy atom. The molecule has 2 aliphatic carbocycles. The zero-order chi connectivity index (χ0) is 21.1. The summed E-state index contributed by atoms with van der Waals surface area (Å²) in [5.41, 5.74) is 2.64. The van der Waals surface area contributed by atoms with Crippen LogP contribution in [0.1, 0.15) is 64.1 Å². The van der Waals surface area contributed by atoms with Crippen molar-refractivity contribution in [2.45, 2.75) is 44.9 Å². The van der Waals surface area contributed by atoms with Crippen molar-refractivity contribution in [2.24, 2.45) is 11.8 Å². The van der Waals surface area contributed by atoms with Gasteiger partial charge >= 0.3 is 11.9 Å². The van der Waals surface area contributed by atoms with E-state index in [1.54, 1.807) is 6.07 Å². The average molecular weight is 409 g/mol. The van der Waals surface area contributed by atoms with Gasteiger partial charge in [0, 0.05) is 6.07 Å². The fourth-order valence-corrected chi connectivity index (χ4v) is 4.50. The van der Waals surface area contributed by atoms with Gasteiger partial charge in [-0.15, -0.1) is 0 Å². The van der Waals surface area contributed by atoms with E-state index in [1.807, 2.05) is 6.07 Å². The molecule has 1 atom stereocenters. The quantitative estimate of drug-likeness (QED) is 0.524. The van der Waals surface area contributed by atoms with Crippen LogP contribution in [-0.2, 0) is 22.3 Å². The van der Waals surface area contributed by atoms with Crippen LogP contribution in [0.25, 0.3) is 0 Å². The molecule has 1 aromatic heterocycles. The summed E-state index contributed by atoms with van der Waals surface area (Å²) in [7, 11) is 2.49. The normalized spacial score (nSPS) is 18.5. The number of aryl methyl sites for hydroxylation is 2. The van der Waals surface area contributed by atoms with Crippen molar-refractivity contribution >= 4 is 11.9 Å². The zero-order valence-electron chi connectivity index (χ0n) is 17.5. The number of hydrogen-bond acceptors (Lipinski definition) is 6. The van der Waals surface area contributed by atoms with Crippen molar-refractivity contribution in [2.75, 3.05) is 14.2 Å². The highest BCUT2D eigenvalue weighted by atomic mass is 16.5. The van der Waals surface area contributed by atoms with E-state index in [0.29, 0.717) is 5.75 Å². The Morgan fingerprint density at radius 3 is 2.23 bits per heavy atom. The largest absolute Gasteiger partial charge is 0.465 e. The standard InChI is InChI=1S/C24H27NO5/c1-28-23(26)20-12-13-21(25-22(20)24(27)29-2)30-19-11-10-17-7-6-16(15-4-3-5-15)8-9-18(17)14-19/h10-16H,3-9H2,1-2H3. The summed E-state index contributed by atoms with van der Waals surface area (Å²) in [6, 6.07) is 9.17. The van der Waals surface area contributed by atoms with Crippen LogP contribution >= 0.6 is 0 Å². The highest BCUT2D eigenvalue weighted by molar-refractivity contribution is 6.01. The molecule has 2 aliphatic rings. The smallest absolute Gasteiger partial charge is 0.357 e. The Bertz CT molecular complexity index is 951. The Balaban J connectivity index is 1.53. The molecule has 0 N–H and O–H groups in total. The monoisotopic (exact) mass is 409 g/mol. The summed E-state index contributed by atoms with van der Waals surface area (Å²) < 4.78 is 15.4. The number of ether oxygens (including phenoxy) is 3. The number of hydrogen-bond donors (Lipinski definition) is 0. The number of methoxy groups -OCH3 is 2. The molecule has 6 nitrogen and oxygen atoms in total. The van der Waals surface area contributed by atoms with Crippen molar-refractivity contribution in [1.29, 1.82) is 0 Å². The third-order valence-electron chi connectivity index (χ3n) is 6.44. The van der Waals surface area contributed by atoms with E-state index in [4.69, 9.17) is 14.2 Å². The molecule has 1 aromatic carbocycles. The van der Waals surface area contributed by atoms with Gasteiger partial charge in [-0.2, -0.15) is 0 Å². The third-order valence-corrected chi connectivity index (χ3v) is 6.44. The van der Waals surface area contributed by atoms with Crippen LogP contribution in [0.2, 0.25) is 0 Å². The molecular formula is C24H27NO5. The Hall–Kier alpha value is -2.89. The van der Waals surface area contributed by atoms with E-state index < -0.39 is 11.9 Å². The second-order valence-corrected chi connectivity index (χ2v) is 8.09. The minimum Gasteiger partial charge on any atom is -0.465 e. The fraction of sp³-hybridized carbons (Fsp3) is 0.458. The third kappa shape index (κ3) is 4.18. The van der Waals surface area contributed by atoms with Gasteiger partial charge in [-0.25, -0.2) is 14.6 Å². The van der Waals surface area contributed by atoms with Gasteiger partial charge in [0.05, 0.1) is 19.8 Å². The molecule has 0 bridgehead atoms. The summed E-state index contributed by atoms with van der Waals surface area (Å²) in [6.07, 6.45) is 8.87. The second-order valence-electron chi connectivity index (χ2n) is 8.09. The van der Waals surface area contributed by atoms with Crippen molar-refractivity contribution in [3.63, 3.8) is 0 Å². The summed E-state index contributed by atoms with van der Waals surface area (Å²) in [5.74, 6) is 1.29. The number of carbonyl (C=O) groups excluding carboxylic acids is 2. The van der Waals surface area contributed by atoms with E-state index in [9.17, 15) is 9.59 Å². The Kier molecular flexibility index (Phi) is 6.02. The first-order valence-corrected chi connectivity index (χ1v) is 10.6. The highest BCUT2D eigenvalue weighted by Gasteiger charge is 2.28. The molecule has 4 rings (SSSR count). The van der Waals surface area contributed by atoms with Gasteiger partial charge in [-0.3, -0.25) is 0 Å². The van der Waals surface area contributed by atoms with Crippen LogP contribution in [0.15, 0.2) is 30.3 Å². The number of nitrogens with zero attached hydrogens (tertiary/aromatic N) is 1. The lowest BCUT2D eigenvalue weighted by Crippen LogP contribution is -2.22. The maximum atomic E-state index is 12.1. The van der Waals surface area contributed by atoms with Gasteiger partial charge in [0.25, 0.3) is 0 Å². The summed E-state index contributed by atoms with van der Waals surface area (Å²) in [6.45, 7) is 0. The minimum absolute atomic E-state index is 0.0423. The number of pyridine rings is 1. The number of carbonyl (C=O) groups is 2. The molecule has 0 saturated heterocycles. The Labute approximate surface area is 176 Å². The maximum absolute atomic E-state index is 12.1. The first-order valence-electron chi connectivity index (χ1n) is 10.6. The number of esters is 2. The van der Waals surface area contributed by atoms with E-state index in [-0.39, 0.29) is 17.1 Å². The minimum atomic E-state index is -0.718. The van der Waals surface area contributed by atoms with Crippen LogP contribution in [0.4, 0.5) is 0 Å². The molecule has 6 heteroatoms. The summed E-state index contributed by atoms with van der Waals surface area (Å²) >= 11 is 0. The molecule has 158 valence electrons. The molecule has 30 heavy (non-hydrogen) atoms. The second kappa shape index (κ2) is 8.86. The van der Waals surface area contributed by atoms with Crippen molar-refractivity contribution in [1.82, 2.24) is 4.98 Å². The predicted octanol–water partition coefficient (Wildman–Crippen LogP) is 4.74. The zero-order valence-corrected chi connectivity index (χ0v) is 17.5. The molecule has 0 spiro atoms. The SMILES string of the molecule is COC(=O)c1ccc(Oc2ccc3c(c2)CCC(C2CCC2)CC3)nc1C(=O)OC. The maximum Gasteiger partial charge on any atom is 0.357 e. The fourth-order valence-electron chi connectivity index (χ4n) is 4.50. The lowest BCUT2D eigenvalue weighted by Gasteiger charge is -2.33. The van der Waals surface area contributed by atoms with Crippen molar-refractivity contribution in [3.05, 3.63) is 52.7 Å². The first kappa shape index (κ1) is 20.4. The van der Waals surface area contributed by atoms with Crippen LogP contribution in [-0.4, -0.2) is 31.1 Å². The van der Waals surface area contributed by atoms with E-state index >= 15 is 0 Å². The highest BCUT2D eigenvalue weighted by Crippen LogP contribution is 2.40. The van der Waals surface area contributed by atoms with Crippen molar-refractivity contribution in [3.8, 4) is 11.6 Å². The molecule has 0 amide bonds. The molecule has 0 aliphatic heterocycles. The number of benzene rings is 1. The molecule has 1 fully saturated rings. The lowest BCUT2D eigenvalue weighted by atomic mass is 9.73. The van der Waals surface area contributed by atoms with Crippen LogP contribution < -0.4 is 4.74 Å². The van der Waals surface area contributed by atoms with Crippen LogP contribution in [0, 0.1) is 11.8 Å².